The first-order chi connectivity index (χ1) is 14.3. The van der Waals surface area contributed by atoms with Crippen molar-refractivity contribution < 1.29 is 14.5 Å². The Labute approximate surface area is 181 Å². The molecule has 0 saturated carbocycles. The second-order valence-electron chi connectivity index (χ2n) is 6.23. The molecule has 1 N–H and O–H groups in total. The fourth-order valence-corrected chi connectivity index (χ4v) is 3.48. The van der Waals surface area contributed by atoms with Crippen molar-refractivity contribution in [2.45, 2.75) is 18.2 Å². The van der Waals surface area contributed by atoms with Crippen molar-refractivity contribution in [3.63, 3.8) is 0 Å². The number of hydrogen-bond acceptors (Lipinski definition) is 7. The maximum absolute atomic E-state index is 12.2. The van der Waals surface area contributed by atoms with Crippen LogP contribution in [-0.2, 0) is 11.8 Å². The maximum atomic E-state index is 12.2. The van der Waals surface area contributed by atoms with Crippen LogP contribution >= 0.6 is 23.4 Å². The number of anilines is 1. The monoisotopic (exact) mass is 447 g/mol. The number of nitrogens with one attached hydrogen (secondary N) is 1. The van der Waals surface area contributed by atoms with Gasteiger partial charge in [-0.3, -0.25) is 14.9 Å². The first kappa shape index (κ1) is 21.6. The van der Waals surface area contributed by atoms with E-state index in [1.807, 2.05) is 19.1 Å². The van der Waals surface area contributed by atoms with E-state index in [1.165, 1.54) is 36.0 Å². The summed E-state index contributed by atoms with van der Waals surface area (Å²) in [4.78, 5) is 22.4. The number of hydrogen-bond donors (Lipinski definition) is 1. The number of non-ortho nitro benzene ring substituents is 1. The number of carbonyl (C=O) groups excluding carboxylic acids is 1. The smallest absolute Gasteiger partial charge is 0.269 e. The third-order valence-corrected chi connectivity index (χ3v) is 5.40. The summed E-state index contributed by atoms with van der Waals surface area (Å²) in [5.74, 6) is 0.973. The minimum Gasteiger partial charge on any atom is -0.481 e. The van der Waals surface area contributed by atoms with E-state index in [0.29, 0.717) is 27.4 Å². The van der Waals surface area contributed by atoms with Crippen LogP contribution in [-0.4, -0.2) is 31.3 Å². The van der Waals surface area contributed by atoms with Gasteiger partial charge in [-0.25, -0.2) is 0 Å². The predicted molar refractivity (Wildman–Crippen MR) is 114 cm³/mol. The standard InChI is InChI=1S/C19H18ClN5O4S/c1-12(29-16-6-4-3-5-15(16)20)18-22-23-19(24(18)2)30-11-17(26)21-13-7-9-14(10-8-13)25(27)28/h3-10,12H,11H2,1-2H3,(H,21,26)/t12-/m1/s1. The van der Waals surface area contributed by atoms with Gasteiger partial charge in [-0.2, -0.15) is 0 Å². The summed E-state index contributed by atoms with van der Waals surface area (Å²) in [6.45, 7) is 1.84. The largest absolute Gasteiger partial charge is 0.481 e. The van der Waals surface area contributed by atoms with Crippen LogP contribution in [0.25, 0.3) is 0 Å². The summed E-state index contributed by atoms with van der Waals surface area (Å²) in [6.07, 6.45) is -0.398. The molecule has 1 heterocycles. The van der Waals surface area contributed by atoms with Crippen molar-refractivity contribution in [2.75, 3.05) is 11.1 Å². The summed E-state index contributed by atoms with van der Waals surface area (Å²) in [6, 6.07) is 12.8. The number of rotatable bonds is 8. The fourth-order valence-electron chi connectivity index (χ4n) is 2.58. The number of aromatic nitrogens is 3. The van der Waals surface area contributed by atoms with Crippen LogP contribution in [0.2, 0.25) is 5.02 Å². The zero-order chi connectivity index (χ0) is 21.7. The number of ether oxygens (including phenoxy) is 1. The van der Waals surface area contributed by atoms with Gasteiger partial charge < -0.3 is 14.6 Å². The summed E-state index contributed by atoms with van der Waals surface area (Å²) < 4.78 is 7.62. The van der Waals surface area contributed by atoms with E-state index in [9.17, 15) is 14.9 Å². The topological polar surface area (TPSA) is 112 Å². The van der Waals surface area contributed by atoms with Crippen molar-refractivity contribution in [1.29, 1.82) is 0 Å². The molecule has 0 spiro atoms. The average molecular weight is 448 g/mol. The number of nitro groups is 1. The summed E-state index contributed by atoms with van der Waals surface area (Å²) >= 11 is 7.34. The number of carbonyl (C=O) groups is 1. The highest BCUT2D eigenvalue weighted by Crippen LogP contribution is 2.29. The second-order valence-corrected chi connectivity index (χ2v) is 7.58. The van der Waals surface area contributed by atoms with Crippen molar-refractivity contribution in [1.82, 2.24) is 14.8 Å². The second kappa shape index (κ2) is 9.59. The highest BCUT2D eigenvalue weighted by Gasteiger charge is 2.19. The molecule has 9 nitrogen and oxygen atoms in total. The van der Waals surface area contributed by atoms with Crippen LogP contribution in [0.4, 0.5) is 11.4 Å². The molecule has 1 atom stereocenters. The Bertz CT molecular complexity index is 1060. The Morgan fingerprint density at radius 3 is 2.63 bits per heavy atom. The van der Waals surface area contributed by atoms with Crippen LogP contribution in [0, 0.1) is 10.1 Å². The van der Waals surface area contributed by atoms with Gasteiger partial charge in [0.05, 0.1) is 15.7 Å². The van der Waals surface area contributed by atoms with Crippen LogP contribution in [0.5, 0.6) is 5.75 Å². The van der Waals surface area contributed by atoms with Gasteiger partial charge in [-0.15, -0.1) is 10.2 Å². The molecular formula is C19H18ClN5O4S. The highest BCUT2D eigenvalue weighted by molar-refractivity contribution is 7.99. The third kappa shape index (κ3) is 5.28. The number of thioether (sulfide) groups is 1. The molecule has 0 bridgehead atoms. The van der Waals surface area contributed by atoms with Gasteiger partial charge in [0.25, 0.3) is 5.69 Å². The molecule has 1 aromatic heterocycles. The normalized spacial score (nSPS) is 11.7. The van der Waals surface area contributed by atoms with Gasteiger partial charge in [0.1, 0.15) is 5.75 Å². The molecule has 0 aliphatic rings. The summed E-state index contributed by atoms with van der Waals surface area (Å²) in [5.41, 5.74) is 0.439. The van der Waals surface area contributed by atoms with E-state index >= 15 is 0 Å². The number of benzene rings is 2. The zero-order valence-electron chi connectivity index (χ0n) is 16.1. The Kier molecular flexibility index (Phi) is 6.91. The Morgan fingerprint density at radius 1 is 1.27 bits per heavy atom. The highest BCUT2D eigenvalue weighted by atomic mass is 35.5. The molecule has 11 heteroatoms. The Morgan fingerprint density at radius 2 is 1.97 bits per heavy atom. The van der Waals surface area contributed by atoms with Gasteiger partial charge in [-0.05, 0) is 31.2 Å². The van der Waals surface area contributed by atoms with Crippen LogP contribution in [0.3, 0.4) is 0 Å². The van der Waals surface area contributed by atoms with E-state index in [1.54, 1.807) is 23.7 Å². The summed E-state index contributed by atoms with van der Waals surface area (Å²) in [7, 11) is 1.79. The maximum Gasteiger partial charge on any atom is 0.269 e. The SMILES string of the molecule is C[C@@H](Oc1ccccc1Cl)c1nnc(SCC(=O)Nc2ccc([N+](=O)[O-])cc2)n1C. The Balaban J connectivity index is 1.57. The lowest BCUT2D eigenvalue weighted by Crippen LogP contribution is -2.15. The first-order valence-corrected chi connectivity index (χ1v) is 10.2. The minimum atomic E-state index is -0.496. The molecular weight excluding hydrogens is 430 g/mol. The number of nitrogens with zero attached hydrogens (tertiary/aromatic N) is 4. The van der Waals surface area contributed by atoms with Crippen LogP contribution < -0.4 is 10.1 Å². The van der Waals surface area contributed by atoms with E-state index in [0.717, 1.165) is 0 Å². The van der Waals surface area contributed by atoms with Gasteiger partial charge in [0.2, 0.25) is 5.91 Å². The van der Waals surface area contributed by atoms with E-state index in [4.69, 9.17) is 16.3 Å². The number of nitro benzene ring substituents is 1. The number of para-hydroxylation sites is 1. The fraction of sp³-hybridized carbons (Fsp3) is 0.211. The molecule has 3 rings (SSSR count). The zero-order valence-corrected chi connectivity index (χ0v) is 17.7. The molecule has 3 aromatic rings. The molecule has 156 valence electrons. The Hall–Kier alpha value is -3.11. The van der Waals surface area contributed by atoms with Crippen molar-refractivity contribution >= 4 is 40.6 Å². The predicted octanol–water partition coefficient (Wildman–Crippen LogP) is 4.25. The molecule has 0 saturated heterocycles. The molecule has 0 unspecified atom stereocenters. The number of halogens is 1. The van der Waals surface area contributed by atoms with Crippen molar-refractivity contribution in [3.8, 4) is 5.75 Å². The van der Waals surface area contributed by atoms with E-state index < -0.39 is 11.0 Å². The molecule has 0 aliphatic carbocycles. The first-order valence-electron chi connectivity index (χ1n) is 8.82. The van der Waals surface area contributed by atoms with Gasteiger partial charge >= 0.3 is 0 Å². The molecule has 0 radical (unpaired) electrons. The van der Waals surface area contributed by atoms with Crippen LogP contribution in [0.15, 0.2) is 53.7 Å². The molecule has 0 aliphatic heterocycles. The average Bonchev–Trinajstić information content (AvgIpc) is 3.09. The van der Waals surface area contributed by atoms with Gasteiger partial charge in [-0.1, -0.05) is 35.5 Å². The molecule has 1 amide bonds. The molecule has 0 fully saturated rings. The molecule has 30 heavy (non-hydrogen) atoms. The third-order valence-electron chi connectivity index (χ3n) is 4.07. The van der Waals surface area contributed by atoms with Crippen molar-refractivity contribution in [3.05, 3.63) is 69.5 Å². The van der Waals surface area contributed by atoms with Gasteiger partial charge in [0, 0.05) is 24.9 Å². The lowest BCUT2D eigenvalue weighted by Gasteiger charge is -2.15. The van der Waals surface area contributed by atoms with E-state index in [2.05, 4.69) is 15.5 Å². The quantitative estimate of drug-likeness (QED) is 0.312. The number of amides is 1. The van der Waals surface area contributed by atoms with Crippen LogP contribution in [0.1, 0.15) is 18.9 Å². The summed E-state index contributed by atoms with van der Waals surface area (Å²) in [5, 5.41) is 22.7. The minimum absolute atomic E-state index is 0.0397. The van der Waals surface area contributed by atoms with E-state index in [-0.39, 0.29) is 17.3 Å². The van der Waals surface area contributed by atoms with Gasteiger partial charge in [0.15, 0.2) is 17.1 Å². The van der Waals surface area contributed by atoms with Crippen molar-refractivity contribution in [2.24, 2.45) is 7.05 Å². The lowest BCUT2D eigenvalue weighted by atomic mass is 10.3. The molecule has 2 aromatic carbocycles. The lowest BCUT2D eigenvalue weighted by molar-refractivity contribution is -0.384.